The van der Waals surface area contributed by atoms with E-state index in [-0.39, 0.29) is 17.2 Å². The summed E-state index contributed by atoms with van der Waals surface area (Å²) in [6, 6.07) is 5.42. The van der Waals surface area contributed by atoms with Gasteiger partial charge in [-0.1, -0.05) is 11.8 Å². The van der Waals surface area contributed by atoms with Crippen LogP contribution < -0.4 is 14.8 Å². The van der Waals surface area contributed by atoms with Crippen LogP contribution in [0.15, 0.2) is 27.8 Å². The Labute approximate surface area is 180 Å². The Morgan fingerprint density at radius 2 is 1.77 bits per heavy atom. The molecule has 1 N–H and O–H groups in total. The molecule has 1 aromatic carbocycles. The van der Waals surface area contributed by atoms with Gasteiger partial charge in [-0.05, 0) is 74.5 Å². The van der Waals surface area contributed by atoms with Crippen LogP contribution >= 0.6 is 11.8 Å². The molecule has 0 radical (unpaired) electrons. The Bertz CT molecular complexity index is 909. The molecule has 6 rings (SSSR count). The zero-order chi connectivity index (χ0) is 20.7. The predicted molar refractivity (Wildman–Crippen MR) is 113 cm³/mol. The Kier molecular flexibility index (Phi) is 5.13. The second-order valence-electron chi connectivity index (χ2n) is 8.98. The molecule has 4 aliphatic carbocycles. The van der Waals surface area contributed by atoms with E-state index in [1.807, 2.05) is 6.07 Å². The predicted octanol–water partition coefficient (Wildman–Crippen LogP) is 3.93. The van der Waals surface area contributed by atoms with E-state index in [9.17, 15) is 4.79 Å². The first-order valence-electron chi connectivity index (χ1n) is 10.6. The Morgan fingerprint density at radius 1 is 1.10 bits per heavy atom. The lowest BCUT2D eigenvalue weighted by molar-refractivity contribution is -0.124. The number of aromatic nitrogens is 2. The highest BCUT2D eigenvalue weighted by Gasteiger charge is 2.51. The number of hydrogen-bond acceptors (Lipinski definition) is 7. The van der Waals surface area contributed by atoms with Crippen LogP contribution in [0.25, 0.3) is 11.5 Å². The van der Waals surface area contributed by atoms with Crippen molar-refractivity contribution in [3.05, 3.63) is 18.2 Å². The SMILES string of the molecule is COc1ccc(-c2nnc(SCC(=O)NC34CC5CC(CC(C5)C3)C4)o2)cc1OC. The van der Waals surface area contributed by atoms with Crippen molar-refractivity contribution in [1.29, 1.82) is 0 Å². The largest absolute Gasteiger partial charge is 0.493 e. The molecule has 1 amide bonds. The number of carbonyl (C=O) groups excluding carboxylic acids is 1. The minimum absolute atomic E-state index is 0.0338. The Morgan fingerprint density at radius 3 is 2.40 bits per heavy atom. The van der Waals surface area contributed by atoms with Crippen LogP contribution in [-0.2, 0) is 4.79 Å². The highest BCUT2D eigenvalue weighted by molar-refractivity contribution is 7.99. The van der Waals surface area contributed by atoms with Crippen LogP contribution in [0.1, 0.15) is 38.5 Å². The number of carbonyl (C=O) groups is 1. The summed E-state index contributed by atoms with van der Waals surface area (Å²) >= 11 is 1.28. The van der Waals surface area contributed by atoms with E-state index in [4.69, 9.17) is 13.9 Å². The monoisotopic (exact) mass is 429 g/mol. The first-order valence-corrected chi connectivity index (χ1v) is 11.5. The number of amides is 1. The van der Waals surface area contributed by atoms with Crippen LogP contribution in [0.3, 0.4) is 0 Å². The number of methoxy groups -OCH3 is 2. The van der Waals surface area contributed by atoms with E-state index in [1.54, 1.807) is 26.4 Å². The number of thioether (sulfide) groups is 1. The second-order valence-corrected chi connectivity index (χ2v) is 9.90. The maximum absolute atomic E-state index is 12.7. The number of ether oxygens (including phenoxy) is 2. The molecule has 4 saturated carbocycles. The van der Waals surface area contributed by atoms with E-state index < -0.39 is 0 Å². The summed E-state index contributed by atoms with van der Waals surface area (Å²) in [4.78, 5) is 12.7. The molecule has 0 saturated heterocycles. The van der Waals surface area contributed by atoms with Gasteiger partial charge in [0, 0.05) is 11.1 Å². The number of hydrogen-bond donors (Lipinski definition) is 1. The maximum Gasteiger partial charge on any atom is 0.277 e. The summed E-state index contributed by atoms with van der Waals surface area (Å²) in [5, 5.41) is 12.0. The van der Waals surface area contributed by atoms with Gasteiger partial charge in [0.25, 0.3) is 5.22 Å². The van der Waals surface area contributed by atoms with Crippen LogP contribution in [0.5, 0.6) is 11.5 Å². The number of rotatable bonds is 7. The minimum atomic E-state index is 0.0338. The van der Waals surface area contributed by atoms with Crippen LogP contribution in [0.2, 0.25) is 0 Å². The molecular weight excluding hydrogens is 402 g/mol. The molecule has 0 spiro atoms. The van der Waals surface area contributed by atoms with E-state index in [0.717, 1.165) is 42.6 Å². The Hall–Kier alpha value is -2.22. The lowest BCUT2D eigenvalue weighted by Crippen LogP contribution is -2.60. The van der Waals surface area contributed by atoms with Crippen molar-refractivity contribution >= 4 is 17.7 Å². The number of benzene rings is 1. The normalized spacial score (nSPS) is 29.1. The molecule has 30 heavy (non-hydrogen) atoms. The molecule has 0 atom stereocenters. The molecule has 1 heterocycles. The van der Waals surface area contributed by atoms with E-state index in [2.05, 4.69) is 15.5 Å². The molecule has 8 heteroatoms. The average Bonchev–Trinajstić information content (AvgIpc) is 3.19. The highest BCUT2D eigenvalue weighted by atomic mass is 32.2. The lowest BCUT2D eigenvalue weighted by Gasteiger charge is -2.56. The summed E-state index contributed by atoms with van der Waals surface area (Å²) in [6.07, 6.45) is 7.55. The van der Waals surface area contributed by atoms with Gasteiger partial charge in [-0.2, -0.15) is 0 Å². The fraction of sp³-hybridized carbons (Fsp3) is 0.591. The first kappa shape index (κ1) is 19.7. The second kappa shape index (κ2) is 7.80. The molecule has 4 bridgehead atoms. The van der Waals surface area contributed by atoms with Crippen molar-refractivity contribution in [2.45, 2.75) is 49.3 Å². The summed E-state index contributed by atoms with van der Waals surface area (Å²) in [6.45, 7) is 0. The molecule has 2 aromatic rings. The third-order valence-corrected chi connectivity index (χ3v) is 7.62. The van der Waals surface area contributed by atoms with Gasteiger partial charge >= 0.3 is 0 Å². The van der Waals surface area contributed by atoms with E-state index in [0.29, 0.717) is 22.6 Å². The molecule has 7 nitrogen and oxygen atoms in total. The third-order valence-electron chi connectivity index (χ3n) is 6.81. The van der Waals surface area contributed by atoms with Crippen LogP contribution in [-0.4, -0.2) is 41.6 Å². The first-order chi connectivity index (χ1) is 14.6. The van der Waals surface area contributed by atoms with Gasteiger partial charge in [-0.15, -0.1) is 10.2 Å². The zero-order valence-corrected chi connectivity index (χ0v) is 18.2. The standard InChI is InChI=1S/C22H27N3O4S/c1-27-17-4-3-16(8-18(17)28-2)20-24-25-21(29-20)30-12-19(26)23-22-9-13-5-14(10-22)7-15(6-13)11-22/h3-4,8,13-15H,5-7,9-12H2,1-2H3,(H,23,26). The quantitative estimate of drug-likeness (QED) is 0.667. The van der Waals surface area contributed by atoms with Gasteiger partial charge in [0.05, 0.1) is 20.0 Å². The molecule has 1 aromatic heterocycles. The van der Waals surface area contributed by atoms with Crippen LogP contribution in [0, 0.1) is 17.8 Å². The third kappa shape index (κ3) is 3.77. The molecule has 0 unspecified atom stereocenters. The van der Waals surface area contributed by atoms with Crippen molar-refractivity contribution < 1.29 is 18.7 Å². The summed E-state index contributed by atoms with van der Waals surface area (Å²) in [7, 11) is 3.17. The molecule has 0 aliphatic heterocycles. The van der Waals surface area contributed by atoms with Crippen molar-refractivity contribution in [2.24, 2.45) is 17.8 Å². The summed E-state index contributed by atoms with van der Waals surface area (Å²) in [5.74, 6) is 4.40. The molecule has 4 aliphatic rings. The van der Waals surface area contributed by atoms with Gasteiger partial charge in [0.15, 0.2) is 11.5 Å². The fourth-order valence-electron chi connectivity index (χ4n) is 6.08. The van der Waals surface area contributed by atoms with E-state index in [1.165, 1.54) is 31.0 Å². The van der Waals surface area contributed by atoms with Gasteiger partial charge in [0.1, 0.15) is 0 Å². The highest BCUT2D eigenvalue weighted by Crippen LogP contribution is 2.55. The Balaban J connectivity index is 1.20. The molecule has 160 valence electrons. The molecular formula is C22H27N3O4S. The average molecular weight is 430 g/mol. The topological polar surface area (TPSA) is 86.5 Å². The molecule has 4 fully saturated rings. The van der Waals surface area contributed by atoms with Crippen molar-refractivity contribution in [2.75, 3.05) is 20.0 Å². The zero-order valence-electron chi connectivity index (χ0n) is 17.3. The lowest BCUT2D eigenvalue weighted by atomic mass is 9.53. The van der Waals surface area contributed by atoms with E-state index >= 15 is 0 Å². The number of nitrogens with zero attached hydrogens (tertiary/aromatic N) is 2. The maximum atomic E-state index is 12.7. The van der Waals surface area contributed by atoms with Crippen molar-refractivity contribution in [3.63, 3.8) is 0 Å². The summed E-state index contributed by atoms with van der Waals surface area (Å²) in [5.41, 5.74) is 0.775. The summed E-state index contributed by atoms with van der Waals surface area (Å²) < 4.78 is 16.3. The smallest absolute Gasteiger partial charge is 0.277 e. The number of nitrogens with one attached hydrogen (secondary N) is 1. The van der Waals surface area contributed by atoms with Gasteiger partial charge in [-0.25, -0.2) is 0 Å². The van der Waals surface area contributed by atoms with Gasteiger partial charge < -0.3 is 19.2 Å². The fourth-order valence-corrected chi connectivity index (χ4v) is 6.64. The van der Waals surface area contributed by atoms with Gasteiger partial charge in [-0.3, -0.25) is 4.79 Å². The van der Waals surface area contributed by atoms with Gasteiger partial charge in [0.2, 0.25) is 11.8 Å². The van der Waals surface area contributed by atoms with Crippen molar-refractivity contribution in [3.8, 4) is 23.0 Å². The van der Waals surface area contributed by atoms with Crippen molar-refractivity contribution in [1.82, 2.24) is 15.5 Å². The van der Waals surface area contributed by atoms with Crippen LogP contribution in [0.4, 0.5) is 0 Å². The minimum Gasteiger partial charge on any atom is -0.493 e.